The van der Waals surface area contributed by atoms with E-state index in [2.05, 4.69) is 4.98 Å². The number of fused-ring (bicyclic) bond motifs is 2. The summed E-state index contributed by atoms with van der Waals surface area (Å²) < 4.78 is 10.6. The second-order valence-electron chi connectivity index (χ2n) is 7.88. The lowest BCUT2D eigenvalue weighted by molar-refractivity contribution is 0.0229. The molecule has 0 saturated carbocycles. The topological polar surface area (TPSA) is 72.0 Å². The number of carbonyl (C=O) groups is 2. The lowest BCUT2D eigenvalue weighted by Crippen LogP contribution is -2.45. The van der Waals surface area contributed by atoms with Gasteiger partial charge in [-0.2, -0.15) is 0 Å². The fraction of sp³-hybridized carbons (Fsp3) is 0.632. The molecule has 3 rings (SSSR count). The molecule has 2 unspecified atom stereocenters. The predicted molar refractivity (Wildman–Crippen MR) is 96.2 cm³/mol. The monoisotopic (exact) mass is 361 g/mol. The summed E-state index contributed by atoms with van der Waals surface area (Å²) in [7, 11) is 1.53. The average molecular weight is 361 g/mol. The van der Waals surface area contributed by atoms with E-state index in [1.54, 1.807) is 23.1 Å². The van der Waals surface area contributed by atoms with Crippen molar-refractivity contribution in [3.05, 3.63) is 23.9 Å². The highest BCUT2D eigenvalue weighted by molar-refractivity contribution is 5.93. The van der Waals surface area contributed by atoms with E-state index < -0.39 is 5.60 Å². The molecule has 1 aromatic heterocycles. The van der Waals surface area contributed by atoms with Crippen molar-refractivity contribution in [1.29, 1.82) is 0 Å². The van der Waals surface area contributed by atoms with Gasteiger partial charge in [0.25, 0.3) is 5.91 Å². The van der Waals surface area contributed by atoms with Crippen LogP contribution in [0.3, 0.4) is 0 Å². The van der Waals surface area contributed by atoms with Crippen molar-refractivity contribution < 1.29 is 19.1 Å². The SMILES string of the molecule is COc1cccc(C(=O)N2C3CCC2CN(C(=O)OC(C)(C)C)CC3)n1. The number of likely N-dealkylation sites (tertiary alicyclic amines) is 1. The van der Waals surface area contributed by atoms with E-state index in [4.69, 9.17) is 9.47 Å². The van der Waals surface area contributed by atoms with Crippen molar-refractivity contribution in [2.75, 3.05) is 20.2 Å². The largest absolute Gasteiger partial charge is 0.481 e. The van der Waals surface area contributed by atoms with Crippen LogP contribution in [0.2, 0.25) is 0 Å². The third-order valence-corrected chi connectivity index (χ3v) is 4.82. The second-order valence-corrected chi connectivity index (χ2v) is 7.88. The Bertz CT molecular complexity index is 686. The van der Waals surface area contributed by atoms with Gasteiger partial charge in [-0.25, -0.2) is 9.78 Å². The minimum Gasteiger partial charge on any atom is -0.481 e. The van der Waals surface area contributed by atoms with Crippen LogP contribution in [0, 0.1) is 0 Å². The maximum atomic E-state index is 13.1. The van der Waals surface area contributed by atoms with Gasteiger partial charge in [-0.05, 0) is 46.1 Å². The first-order valence-corrected chi connectivity index (χ1v) is 9.10. The molecule has 0 spiro atoms. The summed E-state index contributed by atoms with van der Waals surface area (Å²) in [5.41, 5.74) is -0.144. The molecule has 3 heterocycles. The molecule has 26 heavy (non-hydrogen) atoms. The lowest BCUT2D eigenvalue weighted by atomic mass is 10.1. The van der Waals surface area contributed by atoms with Crippen LogP contribution in [0.4, 0.5) is 4.79 Å². The standard InChI is InChI=1S/C19H27N3O4/c1-19(2,3)26-18(24)21-11-10-13-8-9-14(12-21)22(13)17(23)15-6-5-7-16(20-15)25-4/h5-7,13-14H,8-12H2,1-4H3. The molecule has 7 heteroatoms. The van der Waals surface area contributed by atoms with E-state index >= 15 is 0 Å². The molecule has 142 valence electrons. The zero-order valence-electron chi connectivity index (χ0n) is 15.9. The summed E-state index contributed by atoms with van der Waals surface area (Å²) in [6, 6.07) is 5.33. The van der Waals surface area contributed by atoms with Crippen LogP contribution in [0.1, 0.15) is 50.5 Å². The Balaban J connectivity index is 1.76. The summed E-state index contributed by atoms with van der Waals surface area (Å²) in [6.45, 7) is 6.68. The first kappa shape index (κ1) is 18.5. The molecule has 2 bridgehead atoms. The first-order valence-electron chi connectivity index (χ1n) is 9.10. The summed E-state index contributed by atoms with van der Waals surface area (Å²) in [5.74, 6) is 0.329. The van der Waals surface area contributed by atoms with E-state index in [0.29, 0.717) is 24.7 Å². The summed E-state index contributed by atoms with van der Waals surface area (Å²) >= 11 is 0. The molecule has 2 atom stereocenters. The van der Waals surface area contributed by atoms with Crippen LogP contribution >= 0.6 is 0 Å². The number of methoxy groups -OCH3 is 1. The Morgan fingerprint density at radius 1 is 1.15 bits per heavy atom. The van der Waals surface area contributed by atoms with Crippen LogP contribution in [0.25, 0.3) is 0 Å². The Labute approximate surface area is 154 Å². The maximum absolute atomic E-state index is 13.1. The molecule has 0 radical (unpaired) electrons. The number of pyridine rings is 1. The number of amides is 2. The Hall–Kier alpha value is -2.31. The highest BCUT2D eigenvalue weighted by Gasteiger charge is 2.42. The van der Waals surface area contributed by atoms with Crippen molar-refractivity contribution in [2.24, 2.45) is 0 Å². The molecule has 0 N–H and O–H groups in total. The van der Waals surface area contributed by atoms with Gasteiger partial charge in [0.1, 0.15) is 11.3 Å². The smallest absolute Gasteiger partial charge is 0.410 e. The van der Waals surface area contributed by atoms with Crippen molar-refractivity contribution in [3.8, 4) is 5.88 Å². The third-order valence-electron chi connectivity index (χ3n) is 4.82. The van der Waals surface area contributed by atoms with Gasteiger partial charge in [-0.15, -0.1) is 0 Å². The second kappa shape index (κ2) is 7.13. The zero-order chi connectivity index (χ0) is 18.9. The number of aromatic nitrogens is 1. The molecule has 1 aromatic rings. The fourth-order valence-electron chi connectivity index (χ4n) is 3.68. The molecule has 2 amide bonds. The number of ether oxygens (including phenoxy) is 2. The summed E-state index contributed by atoms with van der Waals surface area (Å²) in [5, 5.41) is 0. The number of rotatable bonds is 2. The van der Waals surface area contributed by atoms with E-state index in [9.17, 15) is 9.59 Å². The lowest BCUT2D eigenvalue weighted by Gasteiger charge is -2.30. The van der Waals surface area contributed by atoms with E-state index in [-0.39, 0.29) is 24.1 Å². The van der Waals surface area contributed by atoms with Gasteiger partial charge in [0, 0.05) is 25.2 Å². The van der Waals surface area contributed by atoms with Crippen LogP contribution in [-0.2, 0) is 4.74 Å². The van der Waals surface area contributed by atoms with Gasteiger partial charge in [0.2, 0.25) is 5.88 Å². The highest BCUT2D eigenvalue weighted by atomic mass is 16.6. The van der Waals surface area contributed by atoms with Gasteiger partial charge in [-0.3, -0.25) is 4.79 Å². The molecule has 2 fully saturated rings. The minimum absolute atomic E-state index is 0.00415. The van der Waals surface area contributed by atoms with E-state index in [0.717, 1.165) is 19.3 Å². The highest BCUT2D eigenvalue weighted by Crippen LogP contribution is 2.32. The van der Waals surface area contributed by atoms with E-state index in [1.165, 1.54) is 7.11 Å². The molecule has 2 aliphatic rings. The van der Waals surface area contributed by atoms with Gasteiger partial charge in [0.05, 0.1) is 13.2 Å². The Morgan fingerprint density at radius 2 is 1.88 bits per heavy atom. The maximum Gasteiger partial charge on any atom is 0.410 e. The molecule has 2 aliphatic heterocycles. The van der Waals surface area contributed by atoms with Crippen LogP contribution < -0.4 is 4.74 Å². The average Bonchev–Trinajstić information content (AvgIpc) is 2.86. The predicted octanol–water partition coefficient (Wildman–Crippen LogP) is 2.70. The van der Waals surface area contributed by atoms with Crippen molar-refractivity contribution in [1.82, 2.24) is 14.8 Å². The zero-order valence-corrected chi connectivity index (χ0v) is 15.9. The fourth-order valence-corrected chi connectivity index (χ4v) is 3.68. The van der Waals surface area contributed by atoms with Gasteiger partial charge < -0.3 is 19.3 Å². The third kappa shape index (κ3) is 3.92. The first-order chi connectivity index (χ1) is 12.3. The van der Waals surface area contributed by atoms with Gasteiger partial charge >= 0.3 is 6.09 Å². The van der Waals surface area contributed by atoms with Gasteiger partial charge in [-0.1, -0.05) is 6.07 Å². The molecule has 0 aromatic carbocycles. The number of nitrogens with zero attached hydrogens (tertiary/aromatic N) is 3. The summed E-state index contributed by atoms with van der Waals surface area (Å²) in [4.78, 5) is 33.4. The number of hydrogen-bond donors (Lipinski definition) is 0. The molecule has 2 saturated heterocycles. The minimum atomic E-state index is -0.525. The number of carbonyl (C=O) groups excluding carboxylic acids is 2. The molecular formula is C19H27N3O4. The molecular weight excluding hydrogens is 334 g/mol. The van der Waals surface area contributed by atoms with Crippen LogP contribution in [0.5, 0.6) is 5.88 Å². The Kier molecular flexibility index (Phi) is 5.07. The van der Waals surface area contributed by atoms with Gasteiger partial charge in [0.15, 0.2) is 0 Å². The van der Waals surface area contributed by atoms with Crippen molar-refractivity contribution >= 4 is 12.0 Å². The summed E-state index contributed by atoms with van der Waals surface area (Å²) in [6.07, 6.45) is 2.30. The van der Waals surface area contributed by atoms with Crippen LogP contribution in [0.15, 0.2) is 18.2 Å². The van der Waals surface area contributed by atoms with Crippen LogP contribution in [-0.4, -0.2) is 64.7 Å². The van der Waals surface area contributed by atoms with Crippen molar-refractivity contribution in [3.63, 3.8) is 0 Å². The number of hydrogen-bond acceptors (Lipinski definition) is 5. The quantitative estimate of drug-likeness (QED) is 0.810. The van der Waals surface area contributed by atoms with Crippen molar-refractivity contribution in [2.45, 2.75) is 57.7 Å². The molecule has 7 nitrogen and oxygen atoms in total. The Morgan fingerprint density at radius 3 is 2.58 bits per heavy atom. The molecule has 0 aliphatic carbocycles. The normalized spacial score (nSPS) is 22.8. The van der Waals surface area contributed by atoms with E-state index in [1.807, 2.05) is 25.7 Å².